The third-order valence-electron chi connectivity index (χ3n) is 3.00. The van der Waals surface area contributed by atoms with Gasteiger partial charge in [-0.3, -0.25) is 0 Å². The van der Waals surface area contributed by atoms with Crippen molar-refractivity contribution < 1.29 is 4.74 Å². The molecule has 0 spiro atoms. The van der Waals surface area contributed by atoms with Gasteiger partial charge in [0.05, 0.1) is 0 Å². The molecule has 1 aliphatic heterocycles. The van der Waals surface area contributed by atoms with Crippen LogP contribution in [0.2, 0.25) is 0 Å². The molecule has 88 valence electrons. The molecule has 0 saturated carbocycles. The molecule has 1 aromatic carbocycles. The zero-order chi connectivity index (χ0) is 11.4. The molecule has 2 nitrogen and oxygen atoms in total. The molecule has 0 aromatic heterocycles. The van der Waals surface area contributed by atoms with Crippen LogP contribution in [-0.2, 0) is 0 Å². The van der Waals surface area contributed by atoms with Gasteiger partial charge in [-0.2, -0.15) is 11.8 Å². The van der Waals surface area contributed by atoms with E-state index in [1.165, 1.54) is 23.5 Å². The van der Waals surface area contributed by atoms with Crippen LogP contribution in [0.3, 0.4) is 0 Å². The quantitative estimate of drug-likeness (QED) is 0.873. The number of thioether (sulfide) groups is 1. The molecule has 2 N–H and O–H groups in total. The van der Waals surface area contributed by atoms with Crippen LogP contribution in [0.1, 0.15) is 12.0 Å². The molecule has 1 aromatic rings. The van der Waals surface area contributed by atoms with E-state index in [-0.39, 0.29) is 6.04 Å². The van der Waals surface area contributed by atoms with Crippen molar-refractivity contribution in [2.45, 2.75) is 19.4 Å². The first-order chi connectivity index (χ1) is 7.75. The summed E-state index contributed by atoms with van der Waals surface area (Å²) in [5.41, 5.74) is 7.35. The summed E-state index contributed by atoms with van der Waals surface area (Å²) in [7, 11) is 0. The zero-order valence-corrected chi connectivity index (χ0v) is 10.5. The summed E-state index contributed by atoms with van der Waals surface area (Å²) < 4.78 is 5.73. The molecule has 2 atom stereocenters. The van der Waals surface area contributed by atoms with Crippen molar-refractivity contribution in [1.29, 1.82) is 0 Å². The summed E-state index contributed by atoms with van der Waals surface area (Å²) >= 11 is 2.00. The van der Waals surface area contributed by atoms with Crippen LogP contribution in [0, 0.1) is 12.8 Å². The second-order valence-corrected chi connectivity index (χ2v) is 5.56. The van der Waals surface area contributed by atoms with Gasteiger partial charge in [0.15, 0.2) is 0 Å². The zero-order valence-electron chi connectivity index (χ0n) is 9.69. The van der Waals surface area contributed by atoms with Gasteiger partial charge >= 0.3 is 0 Å². The first-order valence-electron chi connectivity index (χ1n) is 5.78. The lowest BCUT2D eigenvalue weighted by Crippen LogP contribution is -2.35. The molecule has 1 aliphatic rings. The average molecular weight is 237 g/mol. The Morgan fingerprint density at radius 2 is 2.44 bits per heavy atom. The third kappa shape index (κ3) is 3.16. The van der Waals surface area contributed by atoms with E-state index in [0.717, 1.165) is 5.75 Å². The monoisotopic (exact) mass is 237 g/mol. The van der Waals surface area contributed by atoms with Crippen molar-refractivity contribution in [3.8, 4) is 5.75 Å². The smallest absolute Gasteiger partial charge is 0.119 e. The minimum atomic E-state index is 0.176. The molecular formula is C13H19NOS. The van der Waals surface area contributed by atoms with Gasteiger partial charge in [0, 0.05) is 6.04 Å². The van der Waals surface area contributed by atoms with Crippen LogP contribution in [-0.4, -0.2) is 24.2 Å². The van der Waals surface area contributed by atoms with Gasteiger partial charge in [0.1, 0.15) is 12.4 Å². The largest absolute Gasteiger partial charge is 0.492 e. The fraction of sp³-hybridized carbons (Fsp3) is 0.538. The van der Waals surface area contributed by atoms with Crippen LogP contribution >= 0.6 is 11.8 Å². The van der Waals surface area contributed by atoms with E-state index in [1.54, 1.807) is 0 Å². The predicted molar refractivity (Wildman–Crippen MR) is 70.1 cm³/mol. The minimum absolute atomic E-state index is 0.176. The number of benzene rings is 1. The Kier molecular flexibility index (Phi) is 4.13. The lowest BCUT2D eigenvalue weighted by atomic mass is 10.0. The van der Waals surface area contributed by atoms with Gasteiger partial charge in [-0.1, -0.05) is 12.1 Å². The fourth-order valence-corrected chi connectivity index (χ4v) is 3.28. The second kappa shape index (κ2) is 5.60. The normalized spacial score (nSPS) is 22.0. The van der Waals surface area contributed by atoms with E-state index >= 15 is 0 Å². The Labute approximate surface area is 102 Å². The average Bonchev–Trinajstić information content (AvgIpc) is 2.79. The lowest BCUT2D eigenvalue weighted by molar-refractivity contribution is 0.255. The van der Waals surface area contributed by atoms with E-state index in [0.29, 0.717) is 12.5 Å². The molecular weight excluding hydrogens is 218 g/mol. The van der Waals surface area contributed by atoms with E-state index in [4.69, 9.17) is 10.5 Å². The molecule has 0 amide bonds. The number of rotatable bonds is 4. The summed E-state index contributed by atoms with van der Waals surface area (Å²) in [6.07, 6.45) is 1.24. The highest BCUT2D eigenvalue weighted by atomic mass is 32.2. The summed E-state index contributed by atoms with van der Waals surface area (Å²) in [5, 5.41) is 0. The highest BCUT2D eigenvalue weighted by molar-refractivity contribution is 7.99. The second-order valence-electron chi connectivity index (χ2n) is 4.42. The maximum atomic E-state index is 6.13. The Bertz CT molecular complexity index is 336. The molecule has 3 heteroatoms. The van der Waals surface area contributed by atoms with Crippen molar-refractivity contribution in [1.82, 2.24) is 0 Å². The van der Waals surface area contributed by atoms with Crippen molar-refractivity contribution in [2.75, 3.05) is 18.1 Å². The lowest BCUT2D eigenvalue weighted by Gasteiger charge is -2.18. The molecule has 1 heterocycles. The first-order valence-corrected chi connectivity index (χ1v) is 6.94. The van der Waals surface area contributed by atoms with Crippen LogP contribution in [0.15, 0.2) is 24.3 Å². The summed E-state index contributed by atoms with van der Waals surface area (Å²) in [6.45, 7) is 2.70. The molecule has 2 unspecified atom stereocenters. The van der Waals surface area contributed by atoms with Gasteiger partial charge in [-0.25, -0.2) is 0 Å². The van der Waals surface area contributed by atoms with E-state index < -0.39 is 0 Å². The van der Waals surface area contributed by atoms with E-state index in [9.17, 15) is 0 Å². The minimum Gasteiger partial charge on any atom is -0.492 e. The third-order valence-corrected chi connectivity index (χ3v) is 4.19. The number of hydrogen-bond donors (Lipinski definition) is 1. The van der Waals surface area contributed by atoms with Crippen LogP contribution in [0.4, 0.5) is 0 Å². The van der Waals surface area contributed by atoms with Gasteiger partial charge in [0.2, 0.25) is 0 Å². The number of nitrogens with two attached hydrogens (primary N) is 1. The SMILES string of the molecule is Cc1cccc(OCC(N)C2CCSC2)c1. The molecule has 16 heavy (non-hydrogen) atoms. The first kappa shape index (κ1) is 11.8. The fourth-order valence-electron chi connectivity index (χ4n) is 1.92. The summed E-state index contributed by atoms with van der Waals surface area (Å²) in [6, 6.07) is 8.30. The Morgan fingerprint density at radius 1 is 1.56 bits per heavy atom. The van der Waals surface area contributed by atoms with Crippen LogP contribution in [0.5, 0.6) is 5.75 Å². The predicted octanol–water partition coefficient (Wildman–Crippen LogP) is 2.45. The van der Waals surface area contributed by atoms with Crippen molar-refractivity contribution in [3.63, 3.8) is 0 Å². The van der Waals surface area contributed by atoms with Crippen LogP contribution in [0.25, 0.3) is 0 Å². The maximum Gasteiger partial charge on any atom is 0.119 e. The highest BCUT2D eigenvalue weighted by Gasteiger charge is 2.22. The van der Waals surface area contributed by atoms with Gasteiger partial charge in [0.25, 0.3) is 0 Å². The van der Waals surface area contributed by atoms with Crippen LogP contribution < -0.4 is 10.5 Å². The molecule has 0 aliphatic carbocycles. The molecule has 1 saturated heterocycles. The topological polar surface area (TPSA) is 35.2 Å². The number of hydrogen-bond acceptors (Lipinski definition) is 3. The summed E-state index contributed by atoms with van der Waals surface area (Å²) in [4.78, 5) is 0. The summed E-state index contributed by atoms with van der Waals surface area (Å²) in [5.74, 6) is 4.01. The highest BCUT2D eigenvalue weighted by Crippen LogP contribution is 2.25. The van der Waals surface area contributed by atoms with Crippen molar-refractivity contribution in [3.05, 3.63) is 29.8 Å². The van der Waals surface area contributed by atoms with Gasteiger partial charge in [-0.05, 0) is 48.5 Å². The van der Waals surface area contributed by atoms with Gasteiger partial charge in [-0.15, -0.1) is 0 Å². The number of ether oxygens (including phenoxy) is 1. The molecule has 2 rings (SSSR count). The Balaban J connectivity index is 1.82. The molecule has 0 radical (unpaired) electrons. The van der Waals surface area contributed by atoms with E-state index in [1.807, 2.05) is 23.9 Å². The van der Waals surface area contributed by atoms with E-state index in [2.05, 4.69) is 19.1 Å². The molecule has 1 fully saturated rings. The Morgan fingerprint density at radius 3 is 3.12 bits per heavy atom. The van der Waals surface area contributed by atoms with Crippen molar-refractivity contribution in [2.24, 2.45) is 11.7 Å². The van der Waals surface area contributed by atoms with Gasteiger partial charge < -0.3 is 10.5 Å². The number of aryl methyl sites for hydroxylation is 1. The standard InChI is InChI=1S/C13H19NOS/c1-10-3-2-4-12(7-10)15-8-13(14)11-5-6-16-9-11/h2-4,7,11,13H,5-6,8-9,14H2,1H3. The Hall–Kier alpha value is -0.670. The maximum absolute atomic E-state index is 6.13. The van der Waals surface area contributed by atoms with Crippen molar-refractivity contribution >= 4 is 11.8 Å². The molecule has 0 bridgehead atoms.